The average Bonchev–Trinajstić information content (AvgIpc) is 3.11. The Bertz CT molecular complexity index is 242. The summed E-state index contributed by atoms with van der Waals surface area (Å²) in [6.07, 6.45) is 5.62. The Kier molecular flexibility index (Phi) is 13.1. The summed E-state index contributed by atoms with van der Waals surface area (Å²) in [6.45, 7) is 16.7. The first-order valence-corrected chi connectivity index (χ1v) is 5.36. The van der Waals surface area contributed by atoms with E-state index in [2.05, 4.69) is 39.4 Å². The zero-order chi connectivity index (χ0) is 13.0. The van der Waals surface area contributed by atoms with Crippen molar-refractivity contribution in [2.45, 2.75) is 18.3 Å². The smallest absolute Gasteiger partial charge is 0.281 e. The number of allylic oxidation sites excluding steroid dienone is 4. The summed E-state index contributed by atoms with van der Waals surface area (Å²) in [5.74, 6) is 0. The van der Waals surface area contributed by atoms with Crippen LogP contribution in [0.1, 0.15) is 13.3 Å². The molecule has 2 rings (SSSR count). The minimum Gasteiger partial charge on any atom is -0.281 e. The standard InChI is InChI=1S/C6H7.C2H3O.3CO.Mn/c1-6-4-2-3-5-6;1-2-3-1;3*1-2;/h2,4H,3H2,1H3;1H,2H2;;;;. The minimum atomic E-state index is 0.591. The van der Waals surface area contributed by atoms with Crippen molar-refractivity contribution < 1.29 is 34.1 Å². The number of carbonyl (C=O) groups excluding carboxylic acids is 3. The van der Waals surface area contributed by atoms with Gasteiger partial charge in [-0.15, -0.1) is 0 Å². The molecule has 6 radical (unpaired) electrons. The Morgan fingerprint density at radius 3 is 2.06 bits per heavy atom. The van der Waals surface area contributed by atoms with Crippen molar-refractivity contribution >= 4 is 20.4 Å². The Morgan fingerprint density at radius 1 is 1.25 bits per heavy atom. The molecule has 1 atom stereocenters. The van der Waals surface area contributed by atoms with Crippen molar-refractivity contribution in [2.24, 2.45) is 0 Å². The third-order valence-electron chi connectivity index (χ3n) is 1.64. The van der Waals surface area contributed by atoms with Crippen LogP contribution in [0.3, 0.4) is 0 Å². The minimum absolute atomic E-state index is 0.591. The van der Waals surface area contributed by atoms with Crippen molar-refractivity contribution in [1.82, 2.24) is 0 Å². The number of hydrogen-bond donors (Lipinski definition) is 0. The van der Waals surface area contributed by atoms with Gasteiger partial charge in [-0.25, -0.2) is 0 Å². The Hall–Kier alpha value is -1.03. The van der Waals surface area contributed by atoms with Gasteiger partial charge in [0.1, 0.15) is 0 Å². The summed E-state index contributed by atoms with van der Waals surface area (Å²) in [4.78, 5) is 22.5. The second-order valence-electron chi connectivity index (χ2n) is 2.55. The molecule has 85 valence electrons. The van der Waals surface area contributed by atoms with Crippen molar-refractivity contribution in [1.29, 1.82) is 0 Å². The molecule has 5 heteroatoms. The fraction of sp³-hybridized carbons (Fsp3) is 0.364. The molecule has 0 bridgehead atoms. The molecule has 0 aromatic rings. The molecule has 1 unspecified atom stereocenters. The molecule has 1 saturated heterocycles. The van der Waals surface area contributed by atoms with Crippen molar-refractivity contribution in [2.75, 3.05) is 6.61 Å². The molecule has 1 fully saturated rings. The first kappa shape index (κ1) is 17.4. The summed E-state index contributed by atoms with van der Waals surface area (Å²) in [5, 5.41) is 0.591. The van der Waals surface area contributed by atoms with Crippen LogP contribution in [0.15, 0.2) is 22.2 Å². The van der Waals surface area contributed by atoms with Crippen LogP contribution in [0.4, 0.5) is 0 Å². The van der Waals surface area contributed by atoms with E-state index in [0.717, 1.165) is 21.6 Å². The van der Waals surface area contributed by atoms with Crippen molar-refractivity contribution in [3.8, 4) is 0 Å². The Balaban J connectivity index is 0. The number of ether oxygens (including phenoxy) is 1. The summed E-state index contributed by atoms with van der Waals surface area (Å²) >= 11 is 0.899. The molecule has 2 aliphatic rings. The normalized spacial score (nSPS) is 19.4. The molecule has 0 spiro atoms. The van der Waals surface area contributed by atoms with Crippen LogP contribution >= 0.6 is 0 Å². The van der Waals surface area contributed by atoms with Gasteiger partial charge >= 0.3 is 66.8 Å². The third-order valence-corrected chi connectivity index (χ3v) is 3.53. The van der Waals surface area contributed by atoms with Crippen LogP contribution in [0, 0.1) is 0 Å². The van der Waals surface area contributed by atoms with Gasteiger partial charge in [-0.3, -0.25) is 14.4 Å². The first-order valence-electron chi connectivity index (χ1n) is 4.09. The molecule has 1 heterocycles. The first-order chi connectivity index (χ1) is 7.86. The topological polar surface area (TPSA) is 63.7 Å². The molecule has 0 aromatic heterocycles. The number of rotatable bonds is 2. The van der Waals surface area contributed by atoms with E-state index in [4.69, 9.17) is 19.1 Å². The van der Waals surface area contributed by atoms with Crippen LogP contribution in [0.25, 0.3) is 0 Å². The maximum Gasteiger partial charge on any atom is 0.281 e. The molecule has 4 nitrogen and oxygen atoms in total. The summed E-state index contributed by atoms with van der Waals surface area (Å²) in [6, 6.07) is 0. The van der Waals surface area contributed by atoms with E-state index in [-0.39, 0.29) is 0 Å². The maximum atomic E-state index is 7.50. The quantitative estimate of drug-likeness (QED) is 0.535. The number of hydrogen-bond acceptors (Lipinski definition) is 4. The van der Waals surface area contributed by atoms with Crippen LogP contribution in [0.5, 0.6) is 0 Å². The average molecular weight is 261 g/mol. The van der Waals surface area contributed by atoms with Crippen LogP contribution in [-0.2, 0) is 34.1 Å². The second kappa shape index (κ2) is 12.0. The van der Waals surface area contributed by atoms with Gasteiger partial charge in [-0.05, 0) is 0 Å². The Morgan fingerprint density at radius 2 is 1.75 bits per heavy atom. The van der Waals surface area contributed by atoms with Crippen molar-refractivity contribution in [3.63, 3.8) is 0 Å². The van der Waals surface area contributed by atoms with Gasteiger partial charge in [-0.2, -0.15) is 0 Å². The monoisotopic (exact) mass is 261 g/mol. The maximum absolute atomic E-state index is 7.50. The zero-order valence-electron chi connectivity index (χ0n) is 8.66. The van der Waals surface area contributed by atoms with Gasteiger partial charge in [0.15, 0.2) is 0 Å². The van der Waals surface area contributed by atoms with Gasteiger partial charge in [0.25, 0.3) is 20.4 Å². The van der Waals surface area contributed by atoms with Gasteiger partial charge in [0.05, 0.1) is 0 Å². The molecule has 0 aromatic carbocycles. The molecular weight excluding hydrogens is 251 g/mol. The van der Waals surface area contributed by atoms with Crippen molar-refractivity contribution in [3.05, 3.63) is 22.2 Å². The molecule has 16 heavy (non-hydrogen) atoms. The molecule has 1 aliphatic heterocycles. The fourth-order valence-corrected chi connectivity index (χ4v) is 2.38. The molecule has 0 amide bonds. The predicted octanol–water partition coefficient (Wildman–Crippen LogP) is 0.468. The van der Waals surface area contributed by atoms with E-state index in [1.54, 1.807) is 4.47 Å². The number of epoxide rings is 1. The van der Waals surface area contributed by atoms with E-state index in [1.807, 2.05) is 0 Å². The van der Waals surface area contributed by atoms with Gasteiger partial charge in [0, 0.05) is 0 Å². The van der Waals surface area contributed by atoms with Gasteiger partial charge in [-0.1, -0.05) is 0 Å². The van der Waals surface area contributed by atoms with E-state index < -0.39 is 0 Å². The SMILES string of the molecule is CC1=[C]([Mn][CH]2CO2)CC=C1.[C]=O.[C]=O.[C]=O. The van der Waals surface area contributed by atoms with Gasteiger partial charge in [0.2, 0.25) is 0 Å². The fourth-order valence-electron chi connectivity index (χ4n) is 0.967. The summed E-state index contributed by atoms with van der Waals surface area (Å²) in [7, 11) is 0. The van der Waals surface area contributed by atoms with E-state index in [0.29, 0.717) is 5.00 Å². The van der Waals surface area contributed by atoms with Crippen LogP contribution in [0.2, 0.25) is 0 Å². The largest absolute Gasteiger partial charge is 0.281 e. The predicted molar refractivity (Wildman–Crippen MR) is 53.3 cm³/mol. The van der Waals surface area contributed by atoms with Crippen LogP contribution < -0.4 is 0 Å². The third kappa shape index (κ3) is 7.29. The molecular formula is C11H10MnO4. The molecule has 0 saturated carbocycles. The second-order valence-corrected chi connectivity index (χ2v) is 4.36. The van der Waals surface area contributed by atoms with E-state index >= 15 is 0 Å². The van der Waals surface area contributed by atoms with E-state index in [1.165, 1.54) is 12.0 Å². The van der Waals surface area contributed by atoms with Gasteiger partial charge < -0.3 is 0 Å². The van der Waals surface area contributed by atoms with Crippen LogP contribution in [-0.4, -0.2) is 32.0 Å². The summed E-state index contributed by atoms with van der Waals surface area (Å²) in [5.41, 5.74) is 1.47. The molecule has 1 aliphatic carbocycles. The summed E-state index contributed by atoms with van der Waals surface area (Å²) < 4.78 is 6.77. The zero-order valence-corrected chi connectivity index (χ0v) is 9.84. The van der Waals surface area contributed by atoms with E-state index in [9.17, 15) is 0 Å². The molecule has 0 N–H and O–H groups in total. The Labute approximate surface area is 102 Å².